The fraction of sp³-hybridized carbons (Fsp3) is 0.500. The quantitative estimate of drug-likeness (QED) is 0.893. The molecule has 4 nitrogen and oxygen atoms in total. The van der Waals surface area contributed by atoms with Gasteiger partial charge in [-0.15, -0.1) is 0 Å². The zero-order chi connectivity index (χ0) is 13.8. The highest BCUT2D eigenvalue weighted by Crippen LogP contribution is 2.23. The van der Waals surface area contributed by atoms with E-state index in [1.807, 2.05) is 0 Å². The van der Waals surface area contributed by atoms with Crippen LogP contribution in [-0.2, 0) is 0 Å². The Bertz CT molecular complexity index is 459. The van der Waals surface area contributed by atoms with Crippen LogP contribution in [0.2, 0.25) is 5.02 Å². The van der Waals surface area contributed by atoms with Gasteiger partial charge in [-0.3, -0.25) is 4.79 Å². The molecule has 1 fully saturated rings. The molecule has 1 saturated heterocycles. The molecule has 1 atom stereocenters. The second-order valence-corrected chi connectivity index (χ2v) is 5.50. The Morgan fingerprint density at radius 1 is 1.58 bits per heavy atom. The van der Waals surface area contributed by atoms with Gasteiger partial charge in [0.05, 0.1) is 5.56 Å². The normalized spacial score (nSPS) is 19.2. The number of hydrogen-bond donors (Lipinski definition) is 2. The smallest absolute Gasteiger partial charge is 0.257 e. The molecule has 19 heavy (non-hydrogen) atoms. The summed E-state index contributed by atoms with van der Waals surface area (Å²) in [5, 5.41) is 13.5. The molecule has 1 aliphatic heterocycles. The van der Waals surface area contributed by atoms with Gasteiger partial charge >= 0.3 is 0 Å². The van der Waals surface area contributed by atoms with E-state index in [1.165, 1.54) is 6.07 Å². The molecular formula is C14H19ClN2O2. The van der Waals surface area contributed by atoms with Gasteiger partial charge in [-0.2, -0.15) is 0 Å². The zero-order valence-corrected chi connectivity index (χ0v) is 11.8. The Kier molecular flexibility index (Phi) is 4.66. The van der Waals surface area contributed by atoms with Crippen LogP contribution in [0.25, 0.3) is 0 Å². The molecule has 1 aromatic carbocycles. The van der Waals surface area contributed by atoms with Crippen LogP contribution in [0.1, 0.15) is 23.2 Å². The summed E-state index contributed by atoms with van der Waals surface area (Å²) in [5.41, 5.74) is 0.302. The highest BCUT2D eigenvalue weighted by molar-refractivity contribution is 6.30. The van der Waals surface area contributed by atoms with Gasteiger partial charge in [0.2, 0.25) is 0 Å². The number of carbonyl (C=O) groups is 1. The summed E-state index contributed by atoms with van der Waals surface area (Å²) in [5.74, 6) is 0.253. The van der Waals surface area contributed by atoms with Gasteiger partial charge < -0.3 is 15.3 Å². The summed E-state index contributed by atoms with van der Waals surface area (Å²) in [4.78, 5) is 13.9. The molecule has 0 aromatic heterocycles. The van der Waals surface area contributed by atoms with Crippen molar-refractivity contribution in [2.75, 3.05) is 26.7 Å². The number of halogens is 1. The standard InChI is InChI=1S/C14H19ClN2O2/c1-17(9-10-3-2-6-16-8-10)14(19)12-5-4-11(15)7-13(12)18/h4-5,7,10,16,18H,2-3,6,8-9H2,1H3. The number of nitrogens with zero attached hydrogens (tertiary/aromatic N) is 1. The number of piperidine rings is 1. The maximum atomic E-state index is 12.3. The number of phenols is 1. The van der Waals surface area contributed by atoms with E-state index in [0.29, 0.717) is 23.0 Å². The van der Waals surface area contributed by atoms with Gasteiger partial charge in [0.15, 0.2) is 0 Å². The van der Waals surface area contributed by atoms with Gasteiger partial charge in [-0.05, 0) is 50.0 Å². The Labute approximate surface area is 118 Å². The van der Waals surface area contributed by atoms with E-state index in [0.717, 1.165) is 25.9 Å². The van der Waals surface area contributed by atoms with E-state index in [9.17, 15) is 9.90 Å². The van der Waals surface area contributed by atoms with Gasteiger partial charge in [-0.25, -0.2) is 0 Å². The third kappa shape index (κ3) is 3.61. The van der Waals surface area contributed by atoms with Crippen LogP contribution in [0, 0.1) is 5.92 Å². The molecule has 0 aliphatic carbocycles. The zero-order valence-electron chi connectivity index (χ0n) is 11.0. The molecule has 2 rings (SSSR count). The fourth-order valence-electron chi connectivity index (χ4n) is 2.44. The lowest BCUT2D eigenvalue weighted by Crippen LogP contribution is -2.39. The van der Waals surface area contributed by atoms with E-state index in [-0.39, 0.29) is 11.7 Å². The summed E-state index contributed by atoms with van der Waals surface area (Å²) < 4.78 is 0. The molecule has 0 radical (unpaired) electrons. The molecule has 1 aromatic rings. The average Bonchev–Trinajstić information content (AvgIpc) is 2.39. The molecule has 1 aliphatic rings. The van der Waals surface area contributed by atoms with Gasteiger partial charge in [0.25, 0.3) is 5.91 Å². The second-order valence-electron chi connectivity index (χ2n) is 5.06. The van der Waals surface area contributed by atoms with Crippen molar-refractivity contribution in [3.05, 3.63) is 28.8 Å². The number of phenolic OH excluding ortho intramolecular Hbond substituents is 1. The molecule has 0 bridgehead atoms. The maximum Gasteiger partial charge on any atom is 0.257 e. The number of carbonyl (C=O) groups excluding carboxylic acids is 1. The minimum absolute atomic E-state index is 0.0638. The van der Waals surface area contributed by atoms with Crippen molar-refractivity contribution < 1.29 is 9.90 Å². The van der Waals surface area contributed by atoms with E-state index in [1.54, 1.807) is 24.1 Å². The summed E-state index contributed by atoms with van der Waals surface area (Å²) >= 11 is 5.76. The summed E-state index contributed by atoms with van der Waals surface area (Å²) in [6, 6.07) is 4.57. The van der Waals surface area contributed by atoms with Crippen LogP contribution in [-0.4, -0.2) is 42.6 Å². The highest BCUT2D eigenvalue weighted by Gasteiger charge is 2.20. The number of aromatic hydroxyl groups is 1. The molecule has 1 amide bonds. The minimum Gasteiger partial charge on any atom is -0.507 e. The van der Waals surface area contributed by atoms with Crippen molar-refractivity contribution in [3.63, 3.8) is 0 Å². The molecule has 0 saturated carbocycles. The van der Waals surface area contributed by atoms with E-state index in [4.69, 9.17) is 11.6 Å². The number of rotatable bonds is 3. The topological polar surface area (TPSA) is 52.6 Å². The molecule has 1 unspecified atom stereocenters. The lowest BCUT2D eigenvalue weighted by molar-refractivity contribution is 0.0762. The first-order valence-electron chi connectivity index (χ1n) is 6.52. The van der Waals surface area contributed by atoms with Crippen LogP contribution in [0.5, 0.6) is 5.75 Å². The largest absolute Gasteiger partial charge is 0.507 e. The van der Waals surface area contributed by atoms with Gasteiger partial charge in [0.1, 0.15) is 5.75 Å². The molecule has 1 heterocycles. The van der Waals surface area contributed by atoms with Crippen LogP contribution < -0.4 is 5.32 Å². The van der Waals surface area contributed by atoms with Crippen LogP contribution >= 0.6 is 11.6 Å². The molecule has 5 heteroatoms. The lowest BCUT2D eigenvalue weighted by atomic mass is 9.99. The number of hydrogen-bond acceptors (Lipinski definition) is 3. The summed E-state index contributed by atoms with van der Waals surface area (Å²) in [6.45, 7) is 2.71. The van der Waals surface area contributed by atoms with E-state index >= 15 is 0 Å². The van der Waals surface area contributed by atoms with Crippen LogP contribution in [0.4, 0.5) is 0 Å². The number of nitrogens with one attached hydrogen (secondary N) is 1. The van der Waals surface area contributed by atoms with Gasteiger partial charge in [-0.1, -0.05) is 11.6 Å². The van der Waals surface area contributed by atoms with Crippen molar-refractivity contribution in [1.82, 2.24) is 10.2 Å². The van der Waals surface area contributed by atoms with Crippen molar-refractivity contribution >= 4 is 17.5 Å². The third-order valence-corrected chi connectivity index (χ3v) is 3.70. The first-order chi connectivity index (χ1) is 9.08. The Hall–Kier alpha value is -1.26. The lowest BCUT2D eigenvalue weighted by Gasteiger charge is -2.27. The summed E-state index contributed by atoms with van der Waals surface area (Å²) in [6.07, 6.45) is 2.29. The second kappa shape index (κ2) is 6.26. The third-order valence-electron chi connectivity index (χ3n) is 3.47. The highest BCUT2D eigenvalue weighted by atomic mass is 35.5. The first kappa shape index (κ1) is 14.2. The first-order valence-corrected chi connectivity index (χ1v) is 6.90. The predicted octanol–water partition coefficient (Wildman–Crippen LogP) is 2.12. The predicted molar refractivity (Wildman–Crippen MR) is 75.7 cm³/mol. The van der Waals surface area contributed by atoms with Crippen molar-refractivity contribution in [2.24, 2.45) is 5.92 Å². The van der Waals surface area contributed by atoms with Crippen molar-refractivity contribution in [2.45, 2.75) is 12.8 Å². The monoisotopic (exact) mass is 282 g/mol. The molecule has 0 spiro atoms. The van der Waals surface area contributed by atoms with Crippen LogP contribution in [0.15, 0.2) is 18.2 Å². The Morgan fingerprint density at radius 3 is 3.00 bits per heavy atom. The van der Waals surface area contributed by atoms with Crippen molar-refractivity contribution in [3.8, 4) is 5.75 Å². The Morgan fingerprint density at radius 2 is 2.37 bits per heavy atom. The number of amides is 1. The molecule has 2 N–H and O–H groups in total. The Balaban J connectivity index is 2.01. The average molecular weight is 283 g/mol. The summed E-state index contributed by atoms with van der Waals surface area (Å²) in [7, 11) is 1.77. The van der Waals surface area contributed by atoms with E-state index < -0.39 is 0 Å². The minimum atomic E-state index is -0.167. The van der Waals surface area contributed by atoms with Crippen molar-refractivity contribution in [1.29, 1.82) is 0 Å². The fourth-order valence-corrected chi connectivity index (χ4v) is 2.61. The number of benzene rings is 1. The molecule has 104 valence electrons. The van der Waals surface area contributed by atoms with E-state index in [2.05, 4.69) is 5.32 Å². The van der Waals surface area contributed by atoms with Gasteiger partial charge in [0, 0.05) is 18.6 Å². The molecular weight excluding hydrogens is 264 g/mol. The maximum absolute atomic E-state index is 12.3. The van der Waals surface area contributed by atoms with Crippen LogP contribution in [0.3, 0.4) is 0 Å². The SMILES string of the molecule is CN(CC1CCCNC1)C(=O)c1ccc(Cl)cc1O.